The first-order chi connectivity index (χ1) is 8.91. The van der Waals surface area contributed by atoms with Crippen molar-refractivity contribution in [1.82, 2.24) is 4.90 Å². The van der Waals surface area contributed by atoms with Gasteiger partial charge in [0.2, 0.25) is 0 Å². The van der Waals surface area contributed by atoms with Crippen LogP contribution in [0.2, 0.25) is 0 Å². The van der Waals surface area contributed by atoms with Gasteiger partial charge < -0.3 is 4.90 Å². The molecule has 1 aliphatic heterocycles. The highest BCUT2D eigenvalue weighted by Gasteiger charge is 2.30. The van der Waals surface area contributed by atoms with Gasteiger partial charge in [-0.05, 0) is 45.2 Å². The first-order valence-electron chi connectivity index (χ1n) is 6.39. The molecule has 0 bridgehead atoms. The Balaban J connectivity index is 2.33. The standard InChI is InChI=1S/C14H16F3NO/c1-8-4-3-5-9(2)18(8)14(19)10-6-11(15)13(17)12(16)7-10/h6-9H,3-5H2,1-2H3. The molecule has 2 atom stereocenters. The number of hydrogen-bond donors (Lipinski definition) is 0. The summed E-state index contributed by atoms with van der Waals surface area (Å²) in [5.41, 5.74) is -0.142. The minimum absolute atomic E-state index is 0.0208. The molecule has 0 radical (unpaired) electrons. The molecule has 0 N–H and O–H groups in total. The topological polar surface area (TPSA) is 20.3 Å². The van der Waals surface area contributed by atoms with E-state index < -0.39 is 23.4 Å². The minimum Gasteiger partial charge on any atom is -0.333 e. The van der Waals surface area contributed by atoms with Crippen LogP contribution in [0.1, 0.15) is 43.5 Å². The molecule has 0 aromatic heterocycles. The molecule has 5 heteroatoms. The van der Waals surface area contributed by atoms with Crippen LogP contribution in [0.15, 0.2) is 12.1 Å². The van der Waals surface area contributed by atoms with Crippen LogP contribution in [-0.4, -0.2) is 22.9 Å². The summed E-state index contributed by atoms with van der Waals surface area (Å²) in [7, 11) is 0. The molecule has 1 aromatic carbocycles. The van der Waals surface area contributed by atoms with Crippen molar-refractivity contribution in [2.24, 2.45) is 0 Å². The van der Waals surface area contributed by atoms with Gasteiger partial charge in [-0.15, -0.1) is 0 Å². The quantitative estimate of drug-likeness (QED) is 0.716. The van der Waals surface area contributed by atoms with E-state index in [0.29, 0.717) is 0 Å². The van der Waals surface area contributed by atoms with Gasteiger partial charge in [-0.2, -0.15) is 0 Å². The lowest BCUT2D eigenvalue weighted by Gasteiger charge is -2.39. The summed E-state index contributed by atoms with van der Waals surface area (Å²) in [6.07, 6.45) is 2.75. The number of piperidine rings is 1. The van der Waals surface area contributed by atoms with Crippen molar-refractivity contribution in [1.29, 1.82) is 0 Å². The van der Waals surface area contributed by atoms with E-state index in [1.165, 1.54) is 0 Å². The van der Waals surface area contributed by atoms with Crippen molar-refractivity contribution in [3.05, 3.63) is 35.1 Å². The Labute approximate surface area is 110 Å². The molecular formula is C14H16F3NO. The highest BCUT2D eigenvalue weighted by atomic mass is 19.2. The van der Waals surface area contributed by atoms with Gasteiger partial charge in [-0.25, -0.2) is 13.2 Å². The van der Waals surface area contributed by atoms with E-state index in [1.807, 2.05) is 13.8 Å². The molecule has 1 amide bonds. The maximum Gasteiger partial charge on any atom is 0.254 e. The molecule has 1 aliphatic rings. The van der Waals surface area contributed by atoms with Gasteiger partial charge in [0.15, 0.2) is 17.5 Å². The van der Waals surface area contributed by atoms with Crippen LogP contribution in [0.4, 0.5) is 13.2 Å². The van der Waals surface area contributed by atoms with Gasteiger partial charge in [-0.3, -0.25) is 4.79 Å². The Kier molecular flexibility index (Phi) is 3.83. The van der Waals surface area contributed by atoms with Gasteiger partial charge >= 0.3 is 0 Å². The van der Waals surface area contributed by atoms with Crippen LogP contribution in [0.5, 0.6) is 0 Å². The van der Waals surface area contributed by atoms with Crippen molar-refractivity contribution in [2.45, 2.75) is 45.2 Å². The second-order valence-electron chi connectivity index (χ2n) is 5.10. The van der Waals surface area contributed by atoms with Crippen LogP contribution in [0, 0.1) is 17.5 Å². The summed E-state index contributed by atoms with van der Waals surface area (Å²) in [4.78, 5) is 13.9. The normalized spacial score (nSPS) is 23.5. The molecule has 2 nitrogen and oxygen atoms in total. The van der Waals surface area contributed by atoms with Crippen LogP contribution in [0.25, 0.3) is 0 Å². The maximum atomic E-state index is 13.2. The third-order valence-electron chi connectivity index (χ3n) is 3.66. The van der Waals surface area contributed by atoms with Gasteiger partial charge in [0.1, 0.15) is 0 Å². The van der Waals surface area contributed by atoms with Crippen LogP contribution >= 0.6 is 0 Å². The van der Waals surface area contributed by atoms with Crippen LogP contribution in [0.3, 0.4) is 0 Å². The number of carbonyl (C=O) groups excluding carboxylic acids is 1. The number of likely N-dealkylation sites (tertiary alicyclic amines) is 1. The SMILES string of the molecule is CC1CCCC(C)N1C(=O)c1cc(F)c(F)c(F)c1. The second kappa shape index (κ2) is 5.23. The molecule has 2 unspecified atom stereocenters. The number of halogens is 3. The fraction of sp³-hybridized carbons (Fsp3) is 0.500. The third-order valence-corrected chi connectivity index (χ3v) is 3.66. The van der Waals surface area contributed by atoms with Crippen molar-refractivity contribution in [3.8, 4) is 0 Å². The number of nitrogens with zero attached hydrogens (tertiary/aromatic N) is 1. The molecule has 0 saturated carbocycles. The Morgan fingerprint density at radius 2 is 1.58 bits per heavy atom. The predicted molar refractivity (Wildman–Crippen MR) is 65.3 cm³/mol. The first kappa shape index (κ1) is 13.9. The highest BCUT2D eigenvalue weighted by molar-refractivity contribution is 5.94. The lowest BCUT2D eigenvalue weighted by atomic mass is 9.96. The highest BCUT2D eigenvalue weighted by Crippen LogP contribution is 2.25. The zero-order valence-electron chi connectivity index (χ0n) is 10.9. The fourth-order valence-corrected chi connectivity index (χ4v) is 2.65. The molecular weight excluding hydrogens is 255 g/mol. The van der Waals surface area contributed by atoms with Gasteiger partial charge in [-0.1, -0.05) is 0 Å². The number of rotatable bonds is 1. The monoisotopic (exact) mass is 271 g/mol. The largest absolute Gasteiger partial charge is 0.333 e. The molecule has 1 fully saturated rings. The summed E-state index contributed by atoms with van der Waals surface area (Å²) in [5, 5.41) is 0. The Morgan fingerprint density at radius 3 is 2.05 bits per heavy atom. The van der Waals surface area contributed by atoms with E-state index in [1.54, 1.807) is 4.90 Å². The Morgan fingerprint density at radius 1 is 1.11 bits per heavy atom. The Bertz CT molecular complexity index is 470. The Hall–Kier alpha value is -1.52. The molecule has 1 heterocycles. The molecule has 0 spiro atoms. The fourth-order valence-electron chi connectivity index (χ4n) is 2.65. The lowest BCUT2D eigenvalue weighted by molar-refractivity contribution is 0.0509. The minimum atomic E-state index is -1.55. The summed E-state index contributed by atoms with van der Waals surface area (Å²) in [6.45, 7) is 3.81. The van der Waals surface area contributed by atoms with E-state index in [2.05, 4.69) is 0 Å². The van der Waals surface area contributed by atoms with E-state index in [0.717, 1.165) is 31.4 Å². The summed E-state index contributed by atoms with van der Waals surface area (Å²) < 4.78 is 39.2. The average Bonchev–Trinajstić information content (AvgIpc) is 2.35. The predicted octanol–water partition coefficient (Wildman–Crippen LogP) is 3.51. The smallest absolute Gasteiger partial charge is 0.254 e. The molecule has 0 aliphatic carbocycles. The molecule has 1 aromatic rings. The van der Waals surface area contributed by atoms with E-state index in [-0.39, 0.29) is 17.6 Å². The summed E-state index contributed by atoms with van der Waals surface area (Å²) >= 11 is 0. The van der Waals surface area contributed by atoms with Crippen molar-refractivity contribution in [3.63, 3.8) is 0 Å². The van der Waals surface area contributed by atoms with Crippen molar-refractivity contribution < 1.29 is 18.0 Å². The van der Waals surface area contributed by atoms with E-state index in [9.17, 15) is 18.0 Å². The first-order valence-corrected chi connectivity index (χ1v) is 6.39. The summed E-state index contributed by atoms with van der Waals surface area (Å²) in [5.74, 6) is -4.66. The van der Waals surface area contributed by atoms with Crippen molar-refractivity contribution >= 4 is 5.91 Å². The van der Waals surface area contributed by atoms with Gasteiger partial charge in [0.25, 0.3) is 5.91 Å². The van der Waals surface area contributed by atoms with Crippen LogP contribution < -0.4 is 0 Å². The molecule has 1 saturated heterocycles. The van der Waals surface area contributed by atoms with Gasteiger partial charge in [0.05, 0.1) is 0 Å². The van der Waals surface area contributed by atoms with Crippen LogP contribution in [-0.2, 0) is 0 Å². The van der Waals surface area contributed by atoms with E-state index >= 15 is 0 Å². The average molecular weight is 271 g/mol. The number of amides is 1. The molecule has 2 rings (SSSR count). The number of hydrogen-bond acceptors (Lipinski definition) is 1. The zero-order chi connectivity index (χ0) is 14.2. The van der Waals surface area contributed by atoms with Gasteiger partial charge in [0, 0.05) is 17.6 Å². The number of carbonyl (C=O) groups is 1. The zero-order valence-corrected chi connectivity index (χ0v) is 10.9. The third kappa shape index (κ3) is 2.60. The van der Waals surface area contributed by atoms with Crippen molar-refractivity contribution in [2.75, 3.05) is 0 Å². The maximum absolute atomic E-state index is 13.2. The van der Waals surface area contributed by atoms with E-state index in [4.69, 9.17) is 0 Å². The summed E-state index contributed by atoms with van der Waals surface area (Å²) in [6, 6.07) is 1.56. The second-order valence-corrected chi connectivity index (χ2v) is 5.10. The molecule has 104 valence electrons. The lowest BCUT2D eigenvalue weighted by Crippen LogP contribution is -2.47. The number of benzene rings is 1. The molecule has 19 heavy (non-hydrogen) atoms.